The lowest BCUT2D eigenvalue weighted by molar-refractivity contribution is 0.487. The van der Waals surface area contributed by atoms with E-state index in [9.17, 15) is 0 Å². The minimum atomic E-state index is 0.182. The highest BCUT2D eigenvalue weighted by Crippen LogP contribution is 2.63. The number of rotatable bonds is 3. The van der Waals surface area contributed by atoms with E-state index in [0.29, 0.717) is 29.5 Å². The summed E-state index contributed by atoms with van der Waals surface area (Å²) in [6.45, 7) is 13.8. The van der Waals surface area contributed by atoms with Gasteiger partial charge in [0, 0.05) is 6.20 Å². The van der Waals surface area contributed by atoms with Crippen LogP contribution in [0.3, 0.4) is 0 Å². The summed E-state index contributed by atoms with van der Waals surface area (Å²) in [4.78, 5) is 4.23. The van der Waals surface area contributed by atoms with E-state index in [1.807, 2.05) is 6.20 Å². The number of pyridine rings is 1. The molecule has 1 saturated carbocycles. The average molecular weight is 415 g/mol. The molecular formula is C29H38N2. The second kappa shape index (κ2) is 7.97. The molecule has 3 unspecified atom stereocenters. The van der Waals surface area contributed by atoms with Crippen LogP contribution in [0, 0.1) is 28.6 Å². The number of hydrogen-bond donors (Lipinski definition) is 1. The van der Waals surface area contributed by atoms with Gasteiger partial charge in [0.2, 0.25) is 0 Å². The normalized spacial score (nSPS) is 28.5. The van der Waals surface area contributed by atoms with Crippen molar-refractivity contribution >= 4 is 5.82 Å². The van der Waals surface area contributed by atoms with Crippen LogP contribution in [0.1, 0.15) is 65.9 Å². The van der Waals surface area contributed by atoms with Crippen LogP contribution in [-0.4, -0.2) is 4.98 Å². The zero-order chi connectivity index (χ0) is 22.4. The van der Waals surface area contributed by atoms with Gasteiger partial charge in [-0.1, -0.05) is 84.1 Å². The van der Waals surface area contributed by atoms with Crippen LogP contribution in [0.5, 0.6) is 0 Å². The molecule has 1 aromatic heterocycles. The maximum absolute atomic E-state index is 6.06. The quantitative estimate of drug-likeness (QED) is 0.559. The van der Waals surface area contributed by atoms with Crippen LogP contribution in [0.15, 0.2) is 77.6 Å². The Labute approximate surface area is 188 Å². The van der Waals surface area contributed by atoms with Gasteiger partial charge in [0.15, 0.2) is 0 Å². The Bertz CT molecular complexity index is 988. The van der Waals surface area contributed by atoms with E-state index < -0.39 is 0 Å². The Hall–Kier alpha value is -2.35. The van der Waals surface area contributed by atoms with Gasteiger partial charge in [0.25, 0.3) is 0 Å². The van der Waals surface area contributed by atoms with E-state index in [1.54, 1.807) is 0 Å². The summed E-state index contributed by atoms with van der Waals surface area (Å²) in [5.74, 6) is 2.87. The first-order valence-electron chi connectivity index (χ1n) is 11.7. The summed E-state index contributed by atoms with van der Waals surface area (Å²) in [5.41, 5.74) is 12.2. The van der Waals surface area contributed by atoms with Crippen molar-refractivity contribution in [1.29, 1.82) is 0 Å². The molecule has 3 aliphatic rings. The molecule has 0 spiro atoms. The Morgan fingerprint density at radius 3 is 2.19 bits per heavy atom. The van der Waals surface area contributed by atoms with E-state index in [2.05, 4.69) is 101 Å². The van der Waals surface area contributed by atoms with Crippen LogP contribution < -0.4 is 5.73 Å². The standard InChI is InChI=1S/C29H38N2/c1-28(2,3)22-9-7-8-19(10-13-22)25-26(27(25)21-16-17-31-24(30)18-21)20-11-14-23(15-12-20)29(4,5)6/h8-11,13-18,20,25-27H,7,12H2,1-6H3,(H2,30,31)/t20?,25-,26?,27?/m1/s1. The highest BCUT2D eigenvalue weighted by atomic mass is 14.8. The molecule has 1 heterocycles. The van der Waals surface area contributed by atoms with Gasteiger partial charge in [0.1, 0.15) is 5.82 Å². The van der Waals surface area contributed by atoms with Crippen molar-refractivity contribution < 1.29 is 0 Å². The molecule has 0 aromatic carbocycles. The molecular weight excluding hydrogens is 376 g/mol. The number of nitrogens with two attached hydrogens (primary N) is 1. The summed E-state index contributed by atoms with van der Waals surface area (Å²) in [6.07, 6.45) is 20.9. The van der Waals surface area contributed by atoms with E-state index in [0.717, 1.165) is 12.8 Å². The Balaban J connectivity index is 1.61. The fraction of sp³-hybridized carbons (Fsp3) is 0.483. The third kappa shape index (κ3) is 4.63. The summed E-state index contributed by atoms with van der Waals surface area (Å²) in [7, 11) is 0. The number of allylic oxidation sites excluding steroid dienone is 10. The SMILES string of the molecule is CC(C)(C)C1=CCC=C([C@H]2C(c3ccnc(N)c3)C2C2C=CC(C(C)(C)C)=CC2)C=C1. The monoisotopic (exact) mass is 414 g/mol. The van der Waals surface area contributed by atoms with Gasteiger partial charge < -0.3 is 5.73 Å². The Morgan fingerprint density at radius 2 is 1.58 bits per heavy atom. The van der Waals surface area contributed by atoms with Crippen molar-refractivity contribution in [2.45, 2.75) is 60.3 Å². The maximum atomic E-state index is 6.06. The van der Waals surface area contributed by atoms with E-state index >= 15 is 0 Å². The molecule has 0 radical (unpaired) electrons. The first kappa shape index (κ1) is 21.9. The number of nitrogen functional groups attached to an aromatic ring is 1. The number of aromatic nitrogens is 1. The third-order valence-electron chi connectivity index (χ3n) is 7.16. The molecule has 0 aliphatic heterocycles. The molecule has 2 N–H and O–H groups in total. The molecule has 4 rings (SSSR count). The molecule has 0 amide bonds. The minimum Gasteiger partial charge on any atom is -0.384 e. The lowest BCUT2D eigenvalue weighted by Gasteiger charge is -2.25. The van der Waals surface area contributed by atoms with Crippen LogP contribution in [0.2, 0.25) is 0 Å². The van der Waals surface area contributed by atoms with Gasteiger partial charge >= 0.3 is 0 Å². The highest BCUT2D eigenvalue weighted by molar-refractivity contribution is 5.46. The number of anilines is 1. The van der Waals surface area contributed by atoms with Crippen LogP contribution >= 0.6 is 0 Å². The number of nitrogens with zero attached hydrogens (tertiary/aromatic N) is 1. The van der Waals surface area contributed by atoms with Gasteiger partial charge in [-0.05, 0) is 81.8 Å². The largest absolute Gasteiger partial charge is 0.384 e. The topological polar surface area (TPSA) is 38.9 Å². The molecule has 0 bridgehead atoms. The first-order chi connectivity index (χ1) is 14.6. The summed E-state index contributed by atoms with van der Waals surface area (Å²) in [5, 5.41) is 0. The molecule has 164 valence electrons. The van der Waals surface area contributed by atoms with Crippen molar-refractivity contribution in [3.8, 4) is 0 Å². The molecule has 1 fully saturated rings. The van der Waals surface area contributed by atoms with Crippen LogP contribution in [0.25, 0.3) is 0 Å². The Morgan fingerprint density at radius 1 is 0.871 bits per heavy atom. The van der Waals surface area contributed by atoms with E-state index in [1.165, 1.54) is 22.3 Å². The van der Waals surface area contributed by atoms with Gasteiger partial charge in [-0.15, -0.1) is 0 Å². The summed E-state index contributed by atoms with van der Waals surface area (Å²) >= 11 is 0. The molecule has 2 nitrogen and oxygen atoms in total. The fourth-order valence-electron chi connectivity index (χ4n) is 5.33. The number of hydrogen-bond acceptors (Lipinski definition) is 2. The lowest BCUT2D eigenvalue weighted by atomic mass is 9.80. The predicted octanol–water partition coefficient (Wildman–Crippen LogP) is 7.40. The second-order valence-electron chi connectivity index (χ2n) is 11.5. The molecule has 0 saturated heterocycles. The van der Waals surface area contributed by atoms with E-state index in [-0.39, 0.29) is 10.8 Å². The lowest BCUT2D eigenvalue weighted by Crippen LogP contribution is -2.13. The summed E-state index contributed by atoms with van der Waals surface area (Å²) in [6, 6.07) is 4.25. The average Bonchev–Trinajstić information content (AvgIpc) is 3.46. The fourth-order valence-corrected chi connectivity index (χ4v) is 5.33. The first-order valence-corrected chi connectivity index (χ1v) is 11.7. The maximum Gasteiger partial charge on any atom is 0.123 e. The van der Waals surface area contributed by atoms with Gasteiger partial charge in [-0.25, -0.2) is 4.98 Å². The van der Waals surface area contributed by atoms with Gasteiger partial charge in [-0.3, -0.25) is 0 Å². The van der Waals surface area contributed by atoms with Crippen molar-refractivity contribution in [3.05, 3.63) is 83.1 Å². The molecule has 31 heavy (non-hydrogen) atoms. The molecule has 2 heteroatoms. The van der Waals surface area contributed by atoms with Crippen molar-refractivity contribution in [2.24, 2.45) is 28.6 Å². The highest BCUT2D eigenvalue weighted by Gasteiger charge is 2.55. The minimum absolute atomic E-state index is 0.182. The van der Waals surface area contributed by atoms with Crippen LogP contribution in [-0.2, 0) is 0 Å². The molecule has 3 aliphatic carbocycles. The summed E-state index contributed by atoms with van der Waals surface area (Å²) < 4.78 is 0. The van der Waals surface area contributed by atoms with Gasteiger partial charge in [-0.2, -0.15) is 0 Å². The molecule has 1 aromatic rings. The van der Waals surface area contributed by atoms with Crippen LogP contribution in [0.4, 0.5) is 5.82 Å². The third-order valence-corrected chi connectivity index (χ3v) is 7.16. The van der Waals surface area contributed by atoms with Crippen molar-refractivity contribution in [2.75, 3.05) is 5.73 Å². The zero-order valence-corrected chi connectivity index (χ0v) is 20.0. The van der Waals surface area contributed by atoms with Crippen molar-refractivity contribution in [3.63, 3.8) is 0 Å². The smallest absolute Gasteiger partial charge is 0.123 e. The van der Waals surface area contributed by atoms with E-state index in [4.69, 9.17) is 5.73 Å². The van der Waals surface area contributed by atoms with Gasteiger partial charge in [0.05, 0.1) is 0 Å². The van der Waals surface area contributed by atoms with Crippen molar-refractivity contribution in [1.82, 2.24) is 4.98 Å². The Kier molecular flexibility index (Phi) is 5.62. The zero-order valence-electron chi connectivity index (χ0n) is 20.0. The second-order valence-corrected chi connectivity index (χ2v) is 11.5. The predicted molar refractivity (Wildman–Crippen MR) is 133 cm³/mol. The molecule has 4 atom stereocenters.